The molecule has 0 aliphatic heterocycles. The second-order valence-corrected chi connectivity index (χ2v) is 4.72. The monoisotopic (exact) mass is 286 g/mol. The molecule has 108 valence electrons. The van der Waals surface area contributed by atoms with E-state index in [1.54, 1.807) is 31.2 Å². The van der Waals surface area contributed by atoms with Crippen LogP contribution in [0.1, 0.15) is 34.6 Å². The zero-order chi connectivity index (χ0) is 15.4. The van der Waals surface area contributed by atoms with Crippen LogP contribution in [0.15, 0.2) is 48.5 Å². The smallest absolute Gasteiger partial charge is 0.202 e. The fourth-order valence-electron chi connectivity index (χ4n) is 1.89. The number of hydrogen-bond donors (Lipinski definition) is 0. The van der Waals surface area contributed by atoms with Crippen LogP contribution in [0.4, 0.5) is 4.39 Å². The van der Waals surface area contributed by atoms with Gasteiger partial charge in [-0.25, -0.2) is 4.39 Å². The standard InChI is InChI=1S/C17H15FO3/c1-11(19)14-4-3-5-16(10-14)21-12(2)17(20)13-6-8-15(18)9-7-13/h3-10,12H,1-2H3. The molecule has 0 saturated heterocycles. The number of ether oxygens (including phenoxy) is 1. The highest BCUT2D eigenvalue weighted by molar-refractivity contribution is 5.99. The molecule has 0 radical (unpaired) electrons. The Morgan fingerprint density at radius 3 is 2.33 bits per heavy atom. The molecule has 1 atom stereocenters. The molecule has 4 heteroatoms. The molecule has 0 aliphatic rings. The summed E-state index contributed by atoms with van der Waals surface area (Å²) in [5.41, 5.74) is 0.903. The fraction of sp³-hybridized carbons (Fsp3) is 0.176. The van der Waals surface area contributed by atoms with Gasteiger partial charge in [-0.2, -0.15) is 0 Å². The highest BCUT2D eigenvalue weighted by atomic mass is 19.1. The average molecular weight is 286 g/mol. The van der Waals surface area contributed by atoms with E-state index in [0.717, 1.165) is 0 Å². The van der Waals surface area contributed by atoms with Gasteiger partial charge < -0.3 is 4.74 Å². The second-order valence-electron chi connectivity index (χ2n) is 4.72. The molecule has 2 aromatic carbocycles. The van der Waals surface area contributed by atoms with Gasteiger partial charge in [0.1, 0.15) is 11.6 Å². The van der Waals surface area contributed by atoms with Crippen molar-refractivity contribution in [1.29, 1.82) is 0 Å². The van der Waals surface area contributed by atoms with E-state index < -0.39 is 11.9 Å². The second kappa shape index (κ2) is 6.31. The lowest BCUT2D eigenvalue weighted by Gasteiger charge is -2.14. The summed E-state index contributed by atoms with van der Waals surface area (Å²) in [6.07, 6.45) is -0.724. The van der Waals surface area contributed by atoms with Gasteiger partial charge in [-0.1, -0.05) is 12.1 Å². The Bertz CT molecular complexity index is 662. The Morgan fingerprint density at radius 2 is 1.71 bits per heavy atom. The van der Waals surface area contributed by atoms with Crippen LogP contribution in [-0.2, 0) is 0 Å². The first-order valence-electron chi connectivity index (χ1n) is 6.55. The number of benzene rings is 2. The van der Waals surface area contributed by atoms with E-state index in [0.29, 0.717) is 16.9 Å². The molecule has 2 aromatic rings. The molecule has 2 rings (SSSR count). The zero-order valence-corrected chi connectivity index (χ0v) is 11.8. The van der Waals surface area contributed by atoms with Crippen LogP contribution < -0.4 is 4.74 Å². The van der Waals surface area contributed by atoms with Crippen molar-refractivity contribution < 1.29 is 18.7 Å². The number of hydrogen-bond acceptors (Lipinski definition) is 3. The SMILES string of the molecule is CC(=O)c1cccc(OC(C)C(=O)c2ccc(F)cc2)c1. The summed E-state index contributed by atoms with van der Waals surface area (Å²) in [5, 5.41) is 0. The predicted octanol–water partition coefficient (Wildman–Crippen LogP) is 3.68. The van der Waals surface area contributed by atoms with Crippen LogP contribution in [0, 0.1) is 5.82 Å². The van der Waals surface area contributed by atoms with Crippen molar-refractivity contribution in [2.24, 2.45) is 0 Å². The highest BCUT2D eigenvalue weighted by Crippen LogP contribution is 2.17. The summed E-state index contributed by atoms with van der Waals surface area (Å²) in [4.78, 5) is 23.5. The van der Waals surface area contributed by atoms with Gasteiger partial charge in [-0.3, -0.25) is 9.59 Å². The topological polar surface area (TPSA) is 43.4 Å². The molecule has 21 heavy (non-hydrogen) atoms. The van der Waals surface area contributed by atoms with E-state index >= 15 is 0 Å². The van der Waals surface area contributed by atoms with E-state index in [-0.39, 0.29) is 11.6 Å². The van der Waals surface area contributed by atoms with Crippen molar-refractivity contribution in [3.63, 3.8) is 0 Å². The van der Waals surface area contributed by atoms with Crippen LogP contribution in [-0.4, -0.2) is 17.7 Å². The Hall–Kier alpha value is -2.49. The van der Waals surface area contributed by atoms with E-state index in [1.807, 2.05) is 0 Å². The van der Waals surface area contributed by atoms with Gasteiger partial charge in [0.05, 0.1) is 0 Å². The molecule has 0 aromatic heterocycles. The minimum absolute atomic E-state index is 0.0713. The molecule has 0 aliphatic carbocycles. The number of ketones is 2. The van der Waals surface area contributed by atoms with Gasteiger partial charge in [0, 0.05) is 11.1 Å². The number of carbonyl (C=O) groups excluding carboxylic acids is 2. The minimum atomic E-state index is -0.724. The Labute approximate surface area is 122 Å². The van der Waals surface area contributed by atoms with Gasteiger partial charge in [0.25, 0.3) is 0 Å². The van der Waals surface area contributed by atoms with Crippen molar-refractivity contribution >= 4 is 11.6 Å². The van der Waals surface area contributed by atoms with Crippen molar-refractivity contribution in [1.82, 2.24) is 0 Å². The van der Waals surface area contributed by atoms with Crippen molar-refractivity contribution in [2.75, 3.05) is 0 Å². The van der Waals surface area contributed by atoms with E-state index in [1.165, 1.54) is 31.2 Å². The number of halogens is 1. The quantitative estimate of drug-likeness (QED) is 0.787. The van der Waals surface area contributed by atoms with Gasteiger partial charge in [0.15, 0.2) is 11.9 Å². The summed E-state index contributed by atoms with van der Waals surface area (Å²) in [5.74, 6) is -0.263. The molecule has 3 nitrogen and oxygen atoms in total. The summed E-state index contributed by atoms with van der Waals surface area (Å²) in [6, 6.07) is 12.0. The predicted molar refractivity (Wildman–Crippen MR) is 77.3 cm³/mol. The highest BCUT2D eigenvalue weighted by Gasteiger charge is 2.17. The normalized spacial score (nSPS) is 11.8. The molecule has 0 amide bonds. The van der Waals surface area contributed by atoms with Crippen LogP contribution in [0.3, 0.4) is 0 Å². The minimum Gasteiger partial charge on any atom is -0.483 e. The lowest BCUT2D eigenvalue weighted by Crippen LogP contribution is -2.24. The van der Waals surface area contributed by atoms with Crippen molar-refractivity contribution in [2.45, 2.75) is 20.0 Å². The van der Waals surface area contributed by atoms with Gasteiger partial charge in [-0.15, -0.1) is 0 Å². The van der Waals surface area contributed by atoms with Gasteiger partial charge >= 0.3 is 0 Å². The first kappa shape index (κ1) is 14.9. The molecule has 0 saturated carbocycles. The third-order valence-electron chi connectivity index (χ3n) is 3.05. The maximum Gasteiger partial charge on any atom is 0.202 e. The maximum absolute atomic E-state index is 12.8. The molecular formula is C17H15FO3. The molecule has 0 heterocycles. The summed E-state index contributed by atoms with van der Waals surface area (Å²) >= 11 is 0. The Balaban J connectivity index is 2.12. The average Bonchev–Trinajstić information content (AvgIpc) is 2.47. The Kier molecular flexibility index (Phi) is 4.48. The zero-order valence-electron chi connectivity index (χ0n) is 11.8. The van der Waals surface area contributed by atoms with E-state index in [2.05, 4.69) is 0 Å². The molecule has 0 spiro atoms. The van der Waals surface area contributed by atoms with Crippen LogP contribution in [0.2, 0.25) is 0 Å². The number of carbonyl (C=O) groups is 2. The maximum atomic E-state index is 12.8. The summed E-state index contributed by atoms with van der Waals surface area (Å²) in [7, 11) is 0. The number of rotatable bonds is 5. The summed E-state index contributed by atoms with van der Waals surface area (Å²) < 4.78 is 18.4. The molecular weight excluding hydrogens is 271 g/mol. The first-order chi connectivity index (χ1) is 9.97. The summed E-state index contributed by atoms with van der Waals surface area (Å²) in [6.45, 7) is 3.08. The lowest BCUT2D eigenvalue weighted by molar-refractivity contribution is 0.0818. The third kappa shape index (κ3) is 3.75. The van der Waals surface area contributed by atoms with Crippen molar-refractivity contribution in [3.05, 3.63) is 65.5 Å². The van der Waals surface area contributed by atoms with Crippen LogP contribution >= 0.6 is 0 Å². The lowest BCUT2D eigenvalue weighted by atomic mass is 10.1. The largest absolute Gasteiger partial charge is 0.483 e. The molecule has 1 unspecified atom stereocenters. The molecule has 0 bridgehead atoms. The van der Waals surface area contributed by atoms with E-state index in [4.69, 9.17) is 4.74 Å². The fourth-order valence-corrected chi connectivity index (χ4v) is 1.89. The van der Waals surface area contributed by atoms with Crippen molar-refractivity contribution in [3.8, 4) is 5.75 Å². The third-order valence-corrected chi connectivity index (χ3v) is 3.05. The van der Waals surface area contributed by atoms with E-state index in [9.17, 15) is 14.0 Å². The van der Waals surface area contributed by atoms with Crippen LogP contribution in [0.5, 0.6) is 5.75 Å². The van der Waals surface area contributed by atoms with Crippen LogP contribution in [0.25, 0.3) is 0 Å². The van der Waals surface area contributed by atoms with Gasteiger partial charge in [0.2, 0.25) is 5.78 Å². The number of Topliss-reactive ketones (excluding diaryl/α,β-unsaturated/α-hetero) is 2. The molecule has 0 fully saturated rings. The van der Waals surface area contributed by atoms with Gasteiger partial charge in [-0.05, 0) is 50.2 Å². The Morgan fingerprint density at radius 1 is 1.05 bits per heavy atom. The first-order valence-corrected chi connectivity index (χ1v) is 6.55. The molecule has 0 N–H and O–H groups in total.